The Balaban J connectivity index is 1.52. The van der Waals surface area contributed by atoms with Gasteiger partial charge in [0.2, 0.25) is 0 Å². The zero-order valence-corrected chi connectivity index (χ0v) is 14.1. The topological polar surface area (TPSA) is 25.4 Å². The number of hydrogen-bond acceptors (Lipinski definition) is 4. The van der Waals surface area contributed by atoms with E-state index >= 15 is 0 Å². The first-order valence-electron chi connectivity index (χ1n) is 8.03. The van der Waals surface area contributed by atoms with Gasteiger partial charge in [0.25, 0.3) is 0 Å². The zero-order chi connectivity index (χ0) is 16.8. The van der Waals surface area contributed by atoms with Gasteiger partial charge in [-0.25, -0.2) is 4.98 Å². The van der Waals surface area contributed by atoms with Gasteiger partial charge in [-0.3, -0.25) is 4.90 Å². The molecule has 2 heterocycles. The van der Waals surface area contributed by atoms with E-state index < -0.39 is 6.61 Å². The molecule has 1 aromatic heterocycles. The number of likely N-dealkylation sites (tertiary alicyclic amines) is 1. The Morgan fingerprint density at radius 3 is 2.58 bits per heavy atom. The minimum atomic E-state index is -2.79. The minimum Gasteiger partial charge on any atom is -0.434 e. The lowest BCUT2D eigenvalue weighted by Gasteiger charge is -2.31. The Morgan fingerprint density at radius 2 is 1.88 bits per heavy atom. The first kappa shape index (κ1) is 17.2. The number of pyridine rings is 1. The fourth-order valence-corrected chi connectivity index (χ4v) is 3.93. The second-order valence-corrected chi connectivity index (χ2v) is 7.07. The highest BCUT2D eigenvalue weighted by atomic mass is 32.2. The molecular formula is C18H20F2N2OS. The first-order chi connectivity index (χ1) is 11.7. The van der Waals surface area contributed by atoms with E-state index in [1.807, 2.05) is 48.3 Å². The smallest absolute Gasteiger partial charge is 0.387 e. The van der Waals surface area contributed by atoms with Crippen LogP contribution < -0.4 is 4.74 Å². The van der Waals surface area contributed by atoms with Gasteiger partial charge in [-0.15, -0.1) is 11.8 Å². The van der Waals surface area contributed by atoms with Crippen molar-refractivity contribution in [3.8, 4) is 5.75 Å². The Labute approximate surface area is 145 Å². The van der Waals surface area contributed by atoms with Crippen molar-refractivity contribution in [2.24, 2.45) is 0 Å². The number of benzene rings is 1. The summed E-state index contributed by atoms with van der Waals surface area (Å²) in [6.45, 7) is -0.239. The van der Waals surface area contributed by atoms with Gasteiger partial charge < -0.3 is 4.74 Å². The molecule has 0 amide bonds. The van der Waals surface area contributed by atoms with Gasteiger partial charge in [-0.2, -0.15) is 8.78 Å². The predicted molar refractivity (Wildman–Crippen MR) is 91.5 cm³/mol. The largest absolute Gasteiger partial charge is 0.434 e. The molecule has 0 radical (unpaired) electrons. The van der Waals surface area contributed by atoms with Gasteiger partial charge in [-0.05, 0) is 44.1 Å². The summed E-state index contributed by atoms with van der Waals surface area (Å²) < 4.78 is 29.6. The van der Waals surface area contributed by atoms with Crippen molar-refractivity contribution < 1.29 is 13.5 Å². The summed E-state index contributed by atoms with van der Waals surface area (Å²) in [6.07, 6.45) is 3.95. The van der Waals surface area contributed by atoms with Crippen LogP contribution in [0.4, 0.5) is 8.78 Å². The summed E-state index contributed by atoms with van der Waals surface area (Å²) in [5.74, 6) is 0.275. The number of hydrogen-bond donors (Lipinski definition) is 0. The fourth-order valence-electron chi connectivity index (χ4n) is 2.86. The van der Waals surface area contributed by atoms with Crippen LogP contribution in [-0.4, -0.2) is 34.8 Å². The lowest BCUT2D eigenvalue weighted by molar-refractivity contribution is -0.0508. The van der Waals surface area contributed by atoms with Crippen LogP contribution in [0.2, 0.25) is 0 Å². The van der Waals surface area contributed by atoms with Crippen molar-refractivity contribution in [2.45, 2.75) is 36.3 Å². The third-order valence-electron chi connectivity index (χ3n) is 4.04. The molecule has 1 aromatic carbocycles. The highest BCUT2D eigenvalue weighted by Crippen LogP contribution is 2.30. The van der Waals surface area contributed by atoms with Gasteiger partial charge in [0, 0.05) is 23.6 Å². The molecule has 24 heavy (non-hydrogen) atoms. The lowest BCUT2D eigenvalue weighted by Crippen LogP contribution is -2.34. The molecule has 0 aliphatic carbocycles. The van der Waals surface area contributed by atoms with Gasteiger partial charge in [0.1, 0.15) is 5.75 Å². The Kier molecular flexibility index (Phi) is 6.04. The number of para-hydroxylation sites is 1. The third kappa shape index (κ3) is 4.92. The average molecular weight is 350 g/mol. The highest BCUT2D eigenvalue weighted by Gasteiger charge is 2.21. The van der Waals surface area contributed by atoms with Crippen LogP contribution in [0.1, 0.15) is 18.4 Å². The molecule has 3 nitrogen and oxygen atoms in total. The molecule has 0 atom stereocenters. The van der Waals surface area contributed by atoms with Crippen LogP contribution >= 0.6 is 11.8 Å². The Bertz CT molecular complexity index is 634. The van der Waals surface area contributed by atoms with Crippen LogP contribution in [0, 0.1) is 0 Å². The zero-order valence-electron chi connectivity index (χ0n) is 13.3. The van der Waals surface area contributed by atoms with Crippen LogP contribution in [0.5, 0.6) is 5.75 Å². The summed E-state index contributed by atoms with van der Waals surface area (Å²) in [4.78, 5) is 6.66. The number of piperidine rings is 1. The van der Waals surface area contributed by atoms with E-state index in [-0.39, 0.29) is 5.75 Å². The Morgan fingerprint density at radius 1 is 1.12 bits per heavy atom. The van der Waals surface area contributed by atoms with Crippen molar-refractivity contribution in [3.05, 3.63) is 54.2 Å². The number of nitrogens with zero attached hydrogens (tertiary/aromatic N) is 2. The molecule has 0 N–H and O–H groups in total. The molecule has 2 aromatic rings. The molecule has 128 valence electrons. The van der Waals surface area contributed by atoms with Gasteiger partial charge >= 0.3 is 6.61 Å². The standard InChI is InChI=1S/C18H20F2N2OS/c19-18(20)23-16-6-2-1-5-14(16)13-22-11-8-15(9-12-22)24-17-7-3-4-10-21-17/h1-7,10,15,18H,8-9,11-13H2. The summed E-state index contributed by atoms with van der Waals surface area (Å²) in [7, 11) is 0. The second kappa shape index (κ2) is 8.44. The number of alkyl halides is 2. The van der Waals surface area contributed by atoms with Crippen LogP contribution in [-0.2, 0) is 6.54 Å². The predicted octanol–water partition coefficient (Wildman–Crippen LogP) is 4.44. The summed E-state index contributed by atoms with van der Waals surface area (Å²) in [6, 6.07) is 13.0. The number of rotatable bonds is 6. The molecule has 1 aliphatic rings. The minimum absolute atomic E-state index is 0.275. The monoisotopic (exact) mass is 350 g/mol. The van der Waals surface area contributed by atoms with E-state index in [2.05, 4.69) is 14.6 Å². The number of thioether (sulfide) groups is 1. The highest BCUT2D eigenvalue weighted by molar-refractivity contribution is 7.99. The number of ether oxygens (including phenoxy) is 1. The van der Waals surface area contributed by atoms with E-state index in [0.29, 0.717) is 11.8 Å². The van der Waals surface area contributed by atoms with Gasteiger partial charge in [0.05, 0.1) is 5.03 Å². The number of aromatic nitrogens is 1. The van der Waals surface area contributed by atoms with Crippen molar-refractivity contribution in [1.82, 2.24) is 9.88 Å². The molecule has 0 spiro atoms. The van der Waals surface area contributed by atoms with E-state index in [1.165, 1.54) is 0 Å². The molecule has 1 saturated heterocycles. The molecule has 3 rings (SSSR count). The maximum Gasteiger partial charge on any atom is 0.387 e. The maximum absolute atomic E-state index is 12.5. The quantitative estimate of drug-likeness (QED) is 0.769. The van der Waals surface area contributed by atoms with Gasteiger partial charge in [-0.1, -0.05) is 24.3 Å². The van der Waals surface area contributed by atoms with Crippen LogP contribution in [0.25, 0.3) is 0 Å². The maximum atomic E-state index is 12.5. The molecular weight excluding hydrogens is 330 g/mol. The molecule has 0 bridgehead atoms. The average Bonchev–Trinajstić information content (AvgIpc) is 2.59. The van der Waals surface area contributed by atoms with Crippen LogP contribution in [0.3, 0.4) is 0 Å². The third-order valence-corrected chi connectivity index (χ3v) is 5.33. The van der Waals surface area contributed by atoms with E-state index in [9.17, 15) is 8.78 Å². The van der Waals surface area contributed by atoms with Crippen molar-refractivity contribution in [3.63, 3.8) is 0 Å². The molecule has 1 fully saturated rings. The Hall–Kier alpha value is -1.66. The molecule has 1 aliphatic heterocycles. The SMILES string of the molecule is FC(F)Oc1ccccc1CN1CCC(Sc2ccccn2)CC1. The normalized spacial score (nSPS) is 16.5. The lowest BCUT2D eigenvalue weighted by atomic mass is 10.1. The van der Waals surface area contributed by atoms with Crippen molar-refractivity contribution >= 4 is 11.8 Å². The summed E-state index contributed by atoms with van der Waals surface area (Å²) >= 11 is 1.82. The van der Waals surface area contributed by atoms with Crippen molar-refractivity contribution in [1.29, 1.82) is 0 Å². The molecule has 6 heteroatoms. The molecule has 0 saturated carbocycles. The van der Waals surface area contributed by atoms with Crippen LogP contribution in [0.15, 0.2) is 53.7 Å². The second-order valence-electron chi connectivity index (χ2n) is 5.75. The molecule has 0 unspecified atom stereocenters. The van der Waals surface area contributed by atoms with E-state index in [0.717, 1.165) is 36.5 Å². The summed E-state index contributed by atoms with van der Waals surface area (Å²) in [5, 5.41) is 1.62. The van der Waals surface area contributed by atoms with Crippen molar-refractivity contribution in [2.75, 3.05) is 13.1 Å². The van der Waals surface area contributed by atoms with Gasteiger partial charge in [0.15, 0.2) is 0 Å². The fraction of sp³-hybridized carbons (Fsp3) is 0.389. The number of halogens is 2. The summed E-state index contributed by atoms with van der Waals surface area (Å²) in [5.41, 5.74) is 0.814. The van der Waals surface area contributed by atoms with E-state index in [1.54, 1.807) is 12.1 Å². The van der Waals surface area contributed by atoms with E-state index in [4.69, 9.17) is 0 Å². The first-order valence-corrected chi connectivity index (χ1v) is 8.91.